The smallest absolute Gasteiger partial charge is 0.285 e. The summed E-state index contributed by atoms with van der Waals surface area (Å²) in [6.07, 6.45) is 0.843. The zero-order chi connectivity index (χ0) is 21.8. The number of nitrogens with two attached hydrogens (primary N) is 2. The molecule has 164 valence electrons. The Morgan fingerprint density at radius 2 is 2.00 bits per heavy atom. The molecule has 0 aliphatic carbocycles. The number of carbonyl (C=O) groups is 1. The quantitative estimate of drug-likeness (QED) is 0.640. The number of hydrogen-bond donors (Lipinski definition) is 3. The molecule has 5 N–H and O–H groups in total. The van der Waals surface area contributed by atoms with Crippen molar-refractivity contribution in [2.75, 3.05) is 43.1 Å². The second-order valence-electron chi connectivity index (χ2n) is 8.60. The van der Waals surface area contributed by atoms with E-state index in [1.165, 1.54) is 16.9 Å². The number of nitrogens with one attached hydrogen (secondary N) is 1. The summed E-state index contributed by atoms with van der Waals surface area (Å²) in [5, 5.41) is 5.22. The van der Waals surface area contributed by atoms with Gasteiger partial charge in [-0.25, -0.2) is 0 Å². The van der Waals surface area contributed by atoms with Gasteiger partial charge in [0.1, 0.15) is 18.0 Å². The number of nitrogens with zero attached hydrogens (tertiary/aromatic N) is 1. The van der Waals surface area contributed by atoms with Crippen LogP contribution in [-0.2, 0) is 20.7 Å². The number of morpholine rings is 1. The second kappa shape index (κ2) is 7.35. The first kappa shape index (κ1) is 20.0. The van der Waals surface area contributed by atoms with E-state index in [-0.39, 0.29) is 18.0 Å². The van der Waals surface area contributed by atoms with Crippen molar-refractivity contribution in [3.63, 3.8) is 0 Å². The van der Waals surface area contributed by atoms with E-state index in [9.17, 15) is 4.79 Å². The van der Waals surface area contributed by atoms with Gasteiger partial charge in [0.2, 0.25) is 5.76 Å². The molecular weight excluding hydrogens is 416 g/mol. The fraction of sp³-hybridized carbons (Fsp3) is 0.409. The second-order valence-corrected chi connectivity index (χ2v) is 9.65. The monoisotopic (exact) mass is 442 g/mol. The molecule has 2 aromatic rings. The zero-order valence-corrected chi connectivity index (χ0v) is 18.4. The van der Waals surface area contributed by atoms with E-state index in [1.807, 2.05) is 6.07 Å². The van der Waals surface area contributed by atoms with E-state index < -0.39 is 5.91 Å². The minimum atomic E-state index is -0.590. The molecule has 3 aliphatic rings. The van der Waals surface area contributed by atoms with E-state index in [4.69, 9.17) is 25.7 Å². The third-order valence-electron chi connectivity index (χ3n) is 5.67. The van der Waals surface area contributed by atoms with Crippen LogP contribution in [0.5, 0.6) is 5.75 Å². The summed E-state index contributed by atoms with van der Waals surface area (Å²) in [5.74, 6) is 0.505. The number of fused-ring (bicyclic) bond motifs is 2. The number of amides is 1. The fourth-order valence-corrected chi connectivity index (χ4v) is 5.38. The lowest BCUT2D eigenvalue weighted by molar-refractivity contribution is -0.114. The van der Waals surface area contributed by atoms with Gasteiger partial charge in [-0.05, 0) is 26.0 Å². The normalized spacial score (nSPS) is 19.4. The highest BCUT2D eigenvalue weighted by molar-refractivity contribution is 7.14. The number of benzene rings is 1. The maximum Gasteiger partial charge on any atom is 0.285 e. The third-order valence-corrected chi connectivity index (χ3v) is 6.72. The molecule has 1 aromatic heterocycles. The highest BCUT2D eigenvalue weighted by atomic mass is 32.1. The number of carbonyl (C=O) groups excluding carboxylic acids is 1. The van der Waals surface area contributed by atoms with Gasteiger partial charge in [-0.15, -0.1) is 11.3 Å². The third kappa shape index (κ3) is 3.68. The summed E-state index contributed by atoms with van der Waals surface area (Å²) in [6, 6.07) is 6.24. The van der Waals surface area contributed by atoms with Gasteiger partial charge < -0.3 is 35.9 Å². The molecule has 0 atom stereocenters. The molecular formula is C22H26N4O4S. The van der Waals surface area contributed by atoms with Crippen LogP contribution in [-0.4, -0.2) is 44.4 Å². The molecule has 1 amide bonds. The molecule has 0 spiro atoms. The first-order chi connectivity index (χ1) is 14.8. The molecule has 0 bridgehead atoms. The number of anilines is 3. The van der Waals surface area contributed by atoms with E-state index in [2.05, 4.69) is 36.2 Å². The minimum absolute atomic E-state index is 0.158. The van der Waals surface area contributed by atoms with Crippen LogP contribution < -0.4 is 36.2 Å². The van der Waals surface area contributed by atoms with Crippen molar-refractivity contribution in [1.82, 2.24) is 0 Å². The Morgan fingerprint density at radius 1 is 1.23 bits per heavy atom. The van der Waals surface area contributed by atoms with E-state index in [0.717, 1.165) is 46.9 Å². The van der Waals surface area contributed by atoms with Gasteiger partial charge >= 0.3 is 0 Å². The predicted octanol–water partition coefficient (Wildman–Crippen LogP) is 0.732. The molecule has 3 aliphatic heterocycles. The SMILES string of the molecule is CC1(C)Cc2cc(Nc3cc4c(s3)=C(C(N)=O)OCC=4N)c(N3CCOCC3)cc2O1. The Morgan fingerprint density at radius 3 is 2.74 bits per heavy atom. The molecule has 9 heteroatoms. The Bertz CT molecular complexity index is 1180. The largest absolute Gasteiger partial charge is 0.487 e. The Balaban J connectivity index is 1.59. The van der Waals surface area contributed by atoms with Crippen LogP contribution >= 0.6 is 11.3 Å². The van der Waals surface area contributed by atoms with Gasteiger partial charge in [0.05, 0.1) is 39.8 Å². The lowest BCUT2D eigenvalue weighted by Gasteiger charge is -2.31. The first-order valence-electron chi connectivity index (χ1n) is 10.3. The Kier molecular flexibility index (Phi) is 4.75. The molecule has 0 radical (unpaired) electrons. The summed E-state index contributed by atoms with van der Waals surface area (Å²) in [5.41, 5.74) is 15.2. The van der Waals surface area contributed by atoms with Crippen molar-refractivity contribution >= 4 is 45.1 Å². The van der Waals surface area contributed by atoms with Crippen LogP contribution in [0.2, 0.25) is 0 Å². The zero-order valence-electron chi connectivity index (χ0n) is 17.6. The number of rotatable bonds is 4. The van der Waals surface area contributed by atoms with Crippen molar-refractivity contribution < 1.29 is 19.0 Å². The number of thiophene rings is 1. The van der Waals surface area contributed by atoms with Crippen LogP contribution in [0.1, 0.15) is 19.4 Å². The van der Waals surface area contributed by atoms with E-state index in [1.54, 1.807) is 0 Å². The van der Waals surface area contributed by atoms with Gasteiger partial charge in [0.15, 0.2) is 0 Å². The minimum Gasteiger partial charge on any atom is -0.487 e. The summed E-state index contributed by atoms with van der Waals surface area (Å²) in [6.45, 7) is 7.36. The molecule has 8 nitrogen and oxygen atoms in total. The highest BCUT2D eigenvalue weighted by Gasteiger charge is 2.32. The maximum atomic E-state index is 11.8. The van der Waals surface area contributed by atoms with Gasteiger partial charge in [-0.3, -0.25) is 4.79 Å². The molecule has 1 saturated heterocycles. The lowest BCUT2D eigenvalue weighted by atomic mass is 10.0. The van der Waals surface area contributed by atoms with Crippen LogP contribution in [0, 0.1) is 0 Å². The highest BCUT2D eigenvalue weighted by Crippen LogP contribution is 2.42. The van der Waals surface area contributed by atoms with Crippen molar-refractivity contribution in [1.29, 1.82) is 0 Å². The van der Waals surface area contributed by atoms with Crippen molar-refractivity contribution in [2.24, 2.45) is 11.5 Å². The standard InChI is InChI=1S/C22H26N4O4S/c1-22(2)10-12-7-15(16(9-17(12)30-22)26-3-5-28-6-4-26)25-18-8-13-14(23)11-29-19(21(24)27)20(13)31-18/h7-9,25H,3-6,10-11,23H2,1-2H3,(H2,24,27). The summed E-state index contributed by atoms with van der Waals surface area (Å²) < 4.78 is 17.8. The van der Waals surface area contributed by atoms with Crippen LogP contribution in [0.25, 0.3) is 11.5 Å². The predicted molar refractivity (Wildman–Crippen MR) is 121 cm³/mol. The molecule has 0 saturated carbocycles. The van der Waals surface area contributed by atoms with E-state index >= 15 is 0 Å². The Labute approximate surface area is 184 Å². The van der Waals surface area contributed by atoms with Crippen molar-refractivity contribution in [3.8, 4) is 5.75 Å². The van der Waals surface area contributed by atoms with Gasteiger partial charge in [-0.1, -0.05) is 0 Å². The topological polar surface area (TPSA) is 112 Å². The summed E-state index contributed by atoms with van der Waals surface area (Å²) in [7, 11) is 0. The fourth-order valence-electron chi connectivity index (χ4n) is 4.27. The maximum absolute atomic E-state index is 11.8. The van der Waals surface area contributed by atoms with Gasteiger partial charge in [0.25, 0.3) is 5.91 Å². The summed E-state index contributed by atoms with van der Waals surface area (Å²) >= 11 is 1.41. The molecule has 1 fully saturated rings. The lowest BCUT2D eigenvalue weighted by Crippen LogP contribution is -2.37. The molecule has 5 rings (SSSR count). The number of primary amides is 1. The van der Waals surface area contributed by atoms with Crippen molar-refractivity contribution in [2.45, 2.75) is 25.9 Å². The van der Waals surface area contributed by atoms with Crippen LogP contribution in [0.3, 0.4) is 0 Å². The number of hydrogen-bond acceptors (Lipinski definition) is 8. The van der Waals surface area contributed by atoms with Crippen LogP contribution in [0.4, 0.5) is 16.4 Å². The average Bonchev–Trinajstić information content (AvgIpc) is 3.27. The Hall–Kier alpha value is -2.91. The van der Waals surface area contributed by atoms with E-state index in [0.29, 0.717) is 23.4 Å². The first-order valence-corrected chi connectivity index (χ1v) is 11.1. The number of ether oxygens (including phenoxy) is 3. The van der Waals surface area contributed by atoms with Gasteiger partial charge in [0, 0.05) is 36.4 Å². The molecule has 0 unspecified atom stereocenters. The van der Waals surface area contributed by atoms with Crippen molar-refractivity contribution in [3.05, 3.63) is 33.5 Å². The molecule has 4 heterocycles. The van der Waals surface area contributed by atoms with Crippen LogP contribution in [0.15, 0.2) is 18.2 Å². The average molecular weight is 443 g/mol. The van der Waals surface area contributed by atoms with Gasteiger partial charge in [-0.2, -0.15) is 0 Å². The molecule has 1 aromatic carbocycles. The summed E-state index contributed by atoms with van der Waals surface area (Å²) in [4.78, 5) is 14.1. The molecule has 31 heavy (non-hydrogen) atoms.